The number of aryl methyl sites for hydroxylation is 1. The fourth-order valence-corrected chi connectivity index (χ4v) is 3.23. The fraction of sp³-hybridized carbons (Fsp3) is 0.737. The van der Waals surface area contributed by atoms with Crippen LogP contribution in [0.3, 0.4) is 0 Å². The Labute approximate surface area is 190 Å². The maximum Gasteiger partial charge on any atom is 0.408 e. The molecule has 0 saturated carbocycles. The summed E-state index contributed by atoms with van der Waals surface area (Å²) in [6.07, 6.45) is 2.10. The molecular weight excluding hydrogens is 489 g/mol. The van der Waals surface area contributed by atoms with Gasteiger partial charge in [0.15, 0.2) is 5.96 Å². The third kappa shape index (κ3) is 9.40. The first-order chi connectivity index (χ1) is 12.7. The highest BCUT2D eigenvalue weighted by atomic mass is 127. The van der Waals surface area contributed by atoms with Crippen LogP contribution in [0.15, 0.2) is 10.4 Å². The monoisotopic (exact) mass is 525 g/mol. The van der Waals surface area contributed by atoms with Crippen LogP contribution in [-0.2, 0) is 17.7 Å². The number of guanidine groups is 1. The smallest absolute Gasteiger partial charge is 0.408 e. The molecular formula is C19H36IN5O2S. The number of amides is 1. The molecule has 7 nitrogen and oxygen atoms in total. The lowest BCUT2D eigenvalue weighted by atomic mass is 9.93. The molecule has 0 radical (unpaired) electrons. The lowest BCUT2D eigenvalue weighted by Crippen LogP contribution is -2.57. The van der Waals surface area contributed by atoms with Crippen molar-refractivity contribution < 1.29 is 9.53 Å². The molecule has 1 amide bonds. The van der Waals surface area contributed by atoms with Gasteiger partial charge in [-0.2, -0.15) is 0 Å². The SMILES string of the molecule is CCc1nc(CNC(=NC)NCC(CC)(CC)NC(=O)OC(C)(C)C)cs1.I. The van der Waals surface area contributed by atoms with Crippen LogP contribution in [0.25, 0.3) is 0 Å². The minimum absolute atomic E-state index is 0. The van der Waals surface area contributed by atoms with E-state index < -0.39 is 17.2 Å². The molecule has 0 bridgehead atoms. The van der Waals surface area contributed by atoms with E-state index in [-0.39, 0.29) is 24.0 Å². The Morgan fingerprint density at radius 3 is 2.32 bits per heavy atom. The van der Waals surface area contributed by atoms with Gasteiger partial charge in [0.2, 0.25) is 0 Å². The first-order valence-electron chi connectivity index (χ1n) is 9.56. The predicted octanol–water partition coefficient (Wildman–Crippen LogP) is 4.07. The van der Waals surface area contributed by atoms with Gasteiger partial charge >= 0.3 is 6.09 Å². The minimum atomic E-state index is -0.521. The van der Waals surface area contributed by atoms with Crippen molar-refractivity contribution in [3.63, 3.8) is 0 Å². The molecule has 0 spiro atoms. The van der Waals surface area contributed by atoms with E-state index in [2.05, 4.69) is 52.1 Å². The van der Waals surface area contributed by atoms with E-state index in [9.17, 15) is 4.79 Å². The average Bonchev–Trinajstić information content (AvgIpc) is 3.07. The number of nitrogens with zero attached hydrogens (tertiary/aromatic N) is 2. The number of rotatable bonds is 8. The van der Waals surface area contributed by atoms with Crippen LogP contribution in [0.2, 0.25) is 0 Å². The second-order valence-corrected chi connectivity index (χ2v) is 8.42. The van der Waals surface area contributed by atoms with Gasteiger partial charge < -0.3 is 20.7 Å². The molecule has 9 heteroatoms. The van der Waals surface area contributed by atoms with Crippen molar-refractivity contribution in [3.8, 4) is 0 Å². The number of aromatic nitrogens is 1. The Balaban J connectivity index is 0.00000729. The number of carbonyl (C=O) groups is 1. The molecule has 0 unspecified atom stereocenters. The summed E-state index contributed by atoms with van der Waals surface area (Å²) in [5.74, 6) is 0.679. The Hall–Kier alpha value is -1.10. The highest BCUT2D eigenvalue weighted by Gasteiger charge is 2.30. The number of ether oxygens (including phenoxy) is 1. The Kier molecular flexibility index (Phi) is 12.0. The molecule has 28 heavy (non-hydrogen) atoms. The maximum absolute atomic E-state index is 12.2. The molecule has 0 aliphatic heterocycles. The van der Waals surface area contributed by atoms with Crippen LogP contribution in [0.1, 0.15) is 65.1 Å². The second kappa shape index (κ2) is 12.5. The van der Waals surface area contributed by atoms with Gasteiger partial charge in [-0.1, -0.05) is 20.8 Å². The van der Waals surface area contributed by atoms with Gasteiger partial charge in [0.1, 0.15) is 5.60 Å². The van der Waals surface area contributed by atoms with Crippen LogP contribution in [0, 0.1) is 0 Å². The van der Waals surface area contributed by atoms with Crippen LogP contribution in [-0.4, -0.2) is 41.8 Å². The van der Waals surface area contributed by atoms with Crippen molar-refractivity contribution >= 4 is 47.4 Å². The zero-order valence-corrected chi connectivity index (χ0v) is 21.3. The van der Waals surface area contributed by atoms with E-state index in [1.54, 1.807) is 18.4 Å². The normalized spacial score (nSPS) is 12.2. The number of thiazole rings is 1. The number of hydrogen-bond donors (Lipinski definition) is 3. The summed E-state index contributed by atoms with van der Waals surface area (Å²) >= 11 is 1.67. The highest BCUT2D eigenvalue weighted by Crippen LogP contribution is 2.16. The Bertz CT molecular complexity index is 624. The van der Waals surface area contributed by atoms with E-state index in [0.29, 0.717) is 19.0 Å². The van der Waals surface area contributed by atoms with Crippen molar-refractivity contribution in [1.29, 1.82) is 0 Å². The van der Waals surface area contributed by atoms with Crippen molar-refractivity contribution in [2.24, 2.45) is 4.99 Å². The maximum atomic E-state index is 12.2. The standard InChI is InChI=1S/C19H35N5O2S.HI/c1-8-15-23-14(12-27-15)11-21-16(20-7)22-13-19(9-2,10-3)24-17(25)26-18(4,5)6;/h12H,8-11,13H2,1-7H3,(H,24,25)(H2,20,21,22);1H. The first kappa shape index (κ1) is 26.9. The van der Waals surface area contributed by atoms with E-state index in [0.717, 1.165) is 30.0 Å². The van der Waals surface area contributed by atoms with Crippen LogP contribution < -0.4 is 16.0 Å². The summed E-state index contributed by atoms with van der Waals surface area (Å²) in [5.41, 5.74) is 0.0762. The molecule has 0 atom stereocenters. The summed E-state index contributed by atoms with van der Waals surface area (Å²) in [4.78, 5) is 21.0. The molecule has 0 saturated heterocycles. The minimum Gasteiger partial charge on any atom is -0.444 e. The zero-order valence-electron chi connectivity index (χ0n) is 18.1. The molecule has 1 aromatic rings. The average molecular weight is 526 g/mol. The van der Waals surface area contributed by atoms with Gasteiger partial charge in [-0.25, -0.2) is 9.78 Å². The van der Waals surface area contributed by atoms with Gasteiger partial charge in [0.05, 0.1) is 22.8 Å². The predicted molar refractivity (Wildman–Crippen MR) is 128 cm³/mol. The summed E-state index contributed by atoms with van der Waals surface area (Å²) in [6, 6.07) is 0. The van der Waals surface area contributed by atoms with E-state index in [4.69, 9.17) is 4.74 Å². The molecule has 3 N–H and O–H groups in total. The zero-order chi connectivity index (χ0) is 20.5. The summed E-state index contributed by atoms with van der Waals surface area (Å²) in [5, 5.41) is 12.8. The molecule has 1 rings (SSSR count). The Morgan fingerprint density at radius 1 is 1.21 bits per heavy atom. The van der Waals surface area contributed by atoms with Gasteiger partial charge in [0, 0.05) is 19.0 Å². The summed E-state index contributed by atoms with van der Waals surface area (Å²) in [7, 11) is 1.73. The number of hydrogen-bond acceptors (Lipinski definition) is 5. The van der Waals surface area contributed by atoms with Crippen LogP contribution in [0.5, 0.6) is 0 Å². The van der Waals surface area contributed by atoms with Crippen LogP contribution in [0.4, 0.5) is 4.79 Å². The molecule has 0 aliphatic rings. The van der Waals surface area contributed by atoms with Gasteiger partial charge in [-0.15, -0.1) is 35.3 Å². The summed E-state index contributed by atoms with van der Waals surface area (Å²) < 4.78 is 5.42. The number of halogens is 1. The molecule has 1 heterocycles. The van der Waals surface area contributed by atoms with Gasteiger partial charge in [0.25, 0.3) is 0 Å². The number of alkyl carbamates (subject to hydrolysis) is 1. The molecule has 162 valence electrons. The van der Waals surface area contributed by atoms with Crippen molar-refractivity contribution in [2.45, 2.75) is 78.5 Å². The topological polar surface area (TPSA) is 87.6 Å². The number of nitrogens with one attached hydrogen (secondary N) is 3. The number of carbonyl (C=O) groups excluding carboxylic acids is 1. The van der Waals surface area contributed by atoms with Gasteiger partial charge in [-0.3, -0.25) is 4.99 Å². The van der Waals surface area contributed by atoms with Crippen molar-refractivity contribution in [2.75, 3.05) is 13.6 Å². The first-order valence-corrected chi connectivity index (χ1v) is 10.4. The van der Waals surface area contributed by atoms with Crippen LogP contribution >= 0.6 is 35.3 Å². The Morgan fingerprint density at radius 2 is 1.86 bits per heavy atom. The van der Waals surface area contributed by atoms with Crippen molar-refractivity contribution in [1.82, 2.24) is 20.9 Å². The molecule has 1 aromatic heterocycles. The molecule has 0 fully saturated rings. The van der Waals surface area contributed by atoms with E-state index in [1.807, 2.05) is 20.8 Å². The third-order valence-electron chi connectivity index (χ3n) is 4.28. The molecule has 0 aromatic carbocycles. The lowest BCUT2D eigenvalue weighted by molar-refractivity contribution is 0.0448. The van der Waals surface area contributed by atoms with E-state index in [1.165, 1.54) is 0 Å². The fourth-order valence-electron chi connectivity index (χ4n) is 2.48. The quantitative estimate of drug-likeness (QED) is 0.271. The van der Waals surface area contributed by atoms with E-state index >= 15 is 0 Å². The third-order valence-corrected chi connectivity index (χ3v) is 5.32. The van der Waals surface area contributed by atoms with Gasteiger partial charge in [-0.05, 0) is 40.0 Å². The largest absolute Gasteiger partial charge is 0.444 e. The van der Waals surface area contributed by atoms with Crippen molar-refractivity contribution in [3.05, 3.63) is 16.1 Å². The lowest BCUT2D eigenvalue weighted by Gasteiger charge is -2.34. The number of aliphatic imine (C=N–C) groups is 1. The molecule has 0 aliphatic carbocycles. The highest BCUT2D eigenvalue weighted by molar-refractivity contribution is 14.0. The second-order valence-electron chi connectivity index (χ2n) is 7.48. The summed E-state index contributed by atoms with van der Waals surface area (Å²) in [6.45, 7) is 13.0.